The van der Waals surface area contributed by atoms with E-state index in [1.165, 1.54) is 29.0 Å². The Morgan fingerprint density at radius 1 is 1.25 bits per heavy atom. The number of likely N-dealkylation sites (tertiary alicyclic amines) is 1. The van der Waals surface area contributed by atoms with Crippen molar-refractivity contribution in [1.82, 2.24) is 19.5 Å². The van der Waals surface area contributed by atoms with Crippen molar-refractivity contribution in [3.63, 3.8) is 0 Å². The first-order valence-corrected chi connectivity index (χ1v) is 10.7. The molecule has 32 heavy (non-hydrogen) atoms. The molecule has 0 saturated carbocycles. The van der Waals surface area contributed by atoms with Crippen LogP contribution in [0.3, 0.4) is 0 Å². The molecule has 4 heterocycles. The SMILES string of the molecule is CCOC(=O)c1cnn2c(Cl)c(C(=O)N3CCC4(CC3)COc3ccc(F)cc34)cnc12. The number of nitrogens with zero attached hydrogens (tertiary/aromatic N) is 4. The first-order chi connectivity index (χ1) is 15.4. The normalized spacial score (nSPS) is 16.8. The van der Waals surface area contributed by atoms with Gasteiger partial charge in [0.25, 0.3) is 5.91 Å². The third-order valence-electron chi connectivity index (χ3n) is 6.22. The summed E-state index contributed by atoms with van der Waals surface area (Å²) in [5.74, 6) is -0.410. The molecule has 1 amide bonds. The second-order valence-electron chi connectivity index (χ2n) is 7.98. The van der Waals surface area contributed by atoms with Crippen LogP contribution in [0.25, 0.3) is 5.65 Å². The van der Waals surface area contributed by atoms with E-state index in [1.54, 1.807) is 17.9 Å². The van der Waals surface area contributed by atoms with Crippen LogP contribution >= 0.6 is 11.6 Å². The van der Waals surface area contributed by atoms with Gasteiger partial charge in [0.05, 0.1) is 25.0 Å². The minimum Gasteiger partial charge on any atom is -0.492 e. The maximum absolute atomic E-state index is 13.8. The van der Waals surface area contributed by atoms with Crippen LogP contribution in [0.15, 0.2) is 30.6 Å². The smallest absolute Gasteiger partial charge is 0.343 e. The quantitative estimate of drug-likeness (QED) is 0.442. The maximum atomic E-state index is 13.8. The molecule has 8 nitrogen and oxygen atoms in total. The Balaban J connectivity index is 1.37. The van der Waals surface area contributed by atoms with Crippen LogP contribution in [0.1, 0.15) is 46.0 Å². The molecular weight excluding hydrogens is 439 g/mol. The zero-order valence-electron chi connectivity index (χ0n) is 17.3. The predicted octanol–water partition coefficient (Wildman–Crippen LogP) is 3.26. The number of carbonyl (C=O) groups excluding carboxylic acids is 2. The van der Waals surface area contributed by atoms with Crippen LogP contribution < -0.4 is 4.74 Å². The average molecular weight is 459 g/mol. The van der Waals surface area contributed by atoms with Crippen LogP contribution in [-0.4, -0.2) is 57.7 Å². The van der Waals surface area contributed by atoms with Gasteiger partial charge >= 0.3 is 5.97 Å². The number of ether oxygens (including phenoxy) is 2. The van der Waals surface area contributed by atoms with Crippen LogP contribution in [-0.2, 0) is 10.2 Å². The van der Waals surface area contributed by atoms with Gasteiger partial charge < -0.3 is 14.4 Å². The maximum Gasteiger partial charge on any atom is 0.343 e. The van der Waals surface area contributed by atoms with Crippen LogP contribution in [0.5, 0.6) is 5.75 Å². The first-order valence-electron chi connectivity index (χ1n) is 10.3. The monoisotopic (exact) mass is 458 g/mol. The minimum atomic E-state index is -0.554. The summed E-state index contributed by atoms with van der Waals surface area (Å²) >= 11 is 6.45. The summed E-state index contributed by atoms with van der Waals surface area (Å²) < 4.78 is 25.9. The van der Waals surface area contributed by atoms with E-state index >= 15 is 0 Å². The Labute approximate surface area is 187 Å². The van der Waals surface area contributed by atoms with Gasteiger partial charge in [-0.15, -0.1) is 0 Å². The number of benzene rings is 1. The summed E-state index contributed by atoms with van der Waals surface area (Å²) in [5, 5.41) is 4.18. The van der Waals surface area contributed by atoms with Gasteiger partial charge in [-0.25, -0.2) is 18.7 Å². The van der Waals surface area contributed by atoms with Gasteiger partial charge in [0.2, 0.25) is 0 Å². The molecule has 3 aromatic rings. The molecule has 2 aromatic heterocycles. The molecule has 0 aliphatic carbocycles. The largest absolute Gasteiger partial charge is 0.492 e. The van der Waals surface area contributed by atoms with Crippen molar-refractivity contribution in [3.05, 3.63) is 58.3 Å². The molecule has 0 unspecified atom stereocenters. The molecule has 10 heteroatoms. The van der Waals surface area contributed by atoms with Crippen LogP contribution in [0.2, 0.25) is 5.15 Å². The van der Waals surface area contributed by atoms with E-state index in [-0.39, 0.29) is 45.7 Å². The molecule has 1 spiro atoms. The highest BCUT2D eigenvalue weighted by molar-refractivity contribution is 6.33. The van der Waals surface area contributed by atoms with Crippen molar-refractivity contribution >= 4 is 29.1 Å². The van der Waals surface area contributed by atoms with Crippen molar-refractivity contribution in [3.8, 4) is 5.75 Å². The number of piperidine rings is 1. The highest BCUT2D eigenvalue weighted by atomic mass is 35.5. The third-order valence-corrected chi connectivity index (χ3v) is 6.58. The summed E-state index contributed by atoms with van der Waals surface area (Å²) in [6, 6.07) is 4.59. The lowest BCUT2D eigenvalue weighted by atomic mass is 9.74. The fourth-order valence-corrected chi connectivity index (χ4v) is 4.71. The fourth-order valence-electron chi connectivity index (χ4n) is 4.46. The minimum absolute atomic E-state index is 0.0763. The number of carbonyl (C=O) groups is 2. The number of halogens is 2. The lowest BCUT2D eigenvalue weighted by molar-refractivity contribution is 0.0528. The molecule has 5 rings (SSSR count). The average Bonchev–Trinajstić information content (AvgIpc) is 3.37. The molecule has 1 saturated heterocycles. The third kappa shape index (κ3) is 3.19. The summed E-state index contributed by atoms with van der Waals surface area (Å²) in [6.07, 6.45) is 3.98. The Kier molecular flexibility index (Phi) is 5.00. The number of fused-ring (bicyclic) bond motifs is 3. The molecular formula is C22H20ClFN4O4. The van der Waals surface area contributed by atoms with E-state index in [1.807, 2.05) is 0 Å². The molecule has 1 aromatic carbocycles. The van der Waals surface area contributed by atoms with Crippen molar-refractivity contribution < 1.29 is 23.5 Å². The standard InChI is InChI=1S/C22H20ClFN4O4/c1-2-31-21(30)15-11-26-28-18(23)14(10-25-19(15)28)20(29)27-7-5-22(6-8-27)12-32-17-4-3-13(24)9-16(17)22/h3-4,9-11H,2,5-8,12H2,1H3. The summed E-state index contributed by atoms with van der Waals surface area (Å²) in [5.41, 5.74) is 1.18. The lowest BCUT2D eigenvalue weighted by Crippen LogP contribution is -2.46. The summed E-state index contributed by atoms with van der Waals surface area (Å²) in [7, 11) is 0. The van der Waals surface area contributed by atoms with Gasteiger partial charge in [-0.3, -0.25) is 4.79 Å². The zero-order valence-corrected chi connectivity index (χ0v) is 18.1. The highest BCUT2D eigenvalue weighted by Gasteiger charge is 2.44. The number of rotatable bonds is 3. The molecule has 2 aliphatic rings. The van der Waals surface area contributed by atoms with Crippen LogP contribution in [0, 0.1) is 5.82 Å². The second-order valence-corrected chi connectivity index (χ2v) is 8.34. The number of esters is 1. The molecule has 0 bridgehead atoms. The van der Waals surface area contributed by atoms with E-state index < -0.39 is 5.97 Å². The van der Waals surface area contributed by atoms with Gasteiger partial charge in [0, 0.05) is 30.3 Å². The van der Waals surface area contributed by atoms with Gasteiger partial charge in [-0.2, -0.15) is 5.10 Å². The zero-order chi connectivity index (χ0) is 22.5. The second kappa shape index (κ2) is 7.74. The van der Waals surface area contributed by atoms with E-state index in [2.05, 4.69) is 10.1 Å². The van der Waals surface area contributed by atoms with Crippen molar-refractivity contribution in [2.45, 2.75) is 25.2 Å². The van der Waals surface area contributed by atoms with Crippen LogP contribution in [0.4, 0.5) is 4.39 Å². The van der Waals surface area contributed by atoms with Crippen molar-refractivity contribution in [2.75, 3.05) is 26.3 Å². The van der Waals surface area contributed by atoms with E-state index in [0.29, 0.717) is 38.3 Å². The molecule has 2 aliphatic heterocycles. The van der Waals surface area contributed by atoms with Crippen molar-refractivity contribution in [1.29, 1.82) is 0 Å². The first kappa shape index (κ1) is 20.7. The lowest BCUT2D eigenvalue weighted by Gasteiger charge is -2.38. The molecule has 1 fully saturated rings. The Bertz CT molecular complexity index is 1240. The highest BCUT2D eigenvalue weighted by Crippen LogP contribution is 2.45. The Morgan fingerprint density at radius 3 is 2.78 bits per heavy atom. The topological polar surface area (TPSA) is 86.0 Å². The molecule has 0 radical (unpaired) electrons. The Morgan fingerprint density at radius 2 is 2.03 bits per heavy atom. The summed E-state index contributed by atoms with van der Waals surface area (Å²) in [6.45, 7) is 3.35. The number of hydrogen-bond donors (Lipinski definition) is 0. The number of amides is 1. The predicted molar refractivity (Wildman–Crippen MR) is 113 cm³/mol. The van der Waals surface area contributed by atoms with Crippen molar-refractivity contribution in [2.24, 2.45) is 0 Å². The summed E-state index contributed by atoms with van der Waals surface area (Å²) in [4.78, 5) is 31.2. The molecule has 166 valence electrons. The fraction of sp³-hybridized carbons (Fsp3) is 0.364. The van der Waals surface area contributed by atoms with Gasteiger partial charge in [-0.05, 0) is 38.0 Å². The van der Waals surface area contributed by atoms with Gasteiger partial charge in [0.15, 0.2) is 5.65 Å². The van der Waals surface area contributed by atoms with E-state index in [4.69, 9.17) is 21.1 Å². The molecule has 0 atom stereocenters. The van der Waals surface area contributed by atoms with Gasteiger partial charge in [-0.1, -0.05) is 11.6 Å². The molecule has 0 N–H and O–H groups in total. The van der Waals surface area contributed by atoms with Gasteiger partial charge in [0.1, 0.15) is 22.3 Å². The number of aromatic nitrogens is 3. The van der Waals surface area contributed by atoms with E-state index in [9.17, 15) is 14.0 Å². The Hall–Kier alpha value is -3.20. The number of hydrogen-bond acceptors (Lipinski definition) is 6. The van der Waals surface area contributed by atoms with E-state index in [0.717, 1.165) is 5.56 Å².